The van der Waals surface area contributed by atoms with Crippen LogP contribution < -0.4 is 15.6 Å². The molecule has 8 heteroatoms. The van der Waals surface area contributed by atoms with Gasteiger partial charge in [-0.15, -0.1) is 0 Å². The Bertz CT molecular complexity index is 1330. The molecular weight excluding hydrogens is 420 g/mol. The van der Waals surface area contributed by atoms with Crippen molar-refractivity contribution in [1.29, 1.82) is 5.26 Å². The summed E-state index contributed by atoms with van der Waals surface area (Å²) >= 11 is 0. The molecule has 1 amide bonds. The van der Waals surface area contributed by atoms with Crippen LogP contribution in [0.2, 0.25) is 0 Å². The number of benzene rings is 1. The molecule has 1 atom stereocenters. The van der Waals surface area contributed by atoms with E-state index in [0.29, 0.717) is 24.5 Å². The van der Waals surface area contributed by atoms with Crippen molar-refractivity contribution in [2.45, 2.75) is 32.8 Å². The largest absolute Gasteiger partial charge is 0.438 e. The minimum Gasteiger partial charge on any atom is -0.438 e. The third kappa shape index (κ3) is 4.94. The molecule has 1 unspecified atom stereocenters. The van der Waals surface area contributed by atoms with Gasteiger partial charge in [0.05, 0.1) is 6.10 Å². The standard InChI is InChI=1S/C25H24N4O4/c1-16-8-9-21(17(2)12-16)33-24-20(25(31)29-10-4-3-7-22(29)28-24)13-18(14-26)23(30)27-15-19-6-5-11-32-19/h3-4,7-10,12-13,19H,5-6,11,15H2,1-2H3,(H,27,30). The van der Waals surface area contributed by atoms with E-state index in [1.165, 1.54) is 10.5 Å². The Kier molecular flexibility index (Phi) is 6.52. The first-order chi connectivity index (χ1) is 16.0. The minimum absolute atomic E-state index is 0.0162. The zero-order valence-corrected chi connectivity index (χ0v) is 18.5. The van der Waals surface area contributed by atoms with E-state index >= 15 is 0 Å². The Labute approximate surface area is 191 Å². The van der Waals surface area contributed by atoms with Crippen molar-refractivity contribution in [2.24, 2.45) is 0 Å². The van der Waals surface area contributed by atoms with Crippen LogP contribution in [0.15, 0.2) is 53.0 Å². The maximum atomic E-state index is 13.3. The van der Waals surface area contributed by atoms with Crippen molar-refractivity contribution in [3.63, 3.8) is 0 Å². The van der Waals surface area contributed by atoms with E-state index in [9.17, 15) is 14.9 Å². The number of nitrogens with zero attached hydrogens (tertiary/aromatic N) is 3. The molecule has 1 aromatic carbocycles. The number of aryl methyl sites for hydroxylation is 2. The van der Waals surface area contributed by atoms with E-state index < -0.39 is 11.5 Å². The Balaban J connectivity index is 1.74. The van der Waals surface area contributed by atoms with Crippen LogP contribution in [0, 0.1) is 25.2 Å². The second-order valence-corrected chi connectivity index (χ2v) is 7.95. The van der Waals surface area contributed by atoms with Crippen LogP contribution in [0.25, 0.3) is 11.7 Å². The van der Waals surface area contributed by atoms with Crippen molar-refractivity contribution in [3.8, 4) is 17.7 Å². The van der Waals surface area contributed by atoms with Gasteiger partial charge in [0.25, 0.3) is 11.5 Å². The van der Waals surface area contributed by atoms with Crippen LogP contribution in [-0.4, -0.2) is 34.5 Å². The molecule has 168 valence electrons. The normalized spacial score (nSPS) is 15.9. The first-order valence-electron chi connectivity index (χ1n) is 10.7. The van der Waals surface area contributed by atoms with E-state index in [2.05, 4.69) is 10.3 Å². The molecule has 0 aliphatic carbocycles. The van der Waals surface area contributed by atoms with Crippen LogP contribution in [0.5, 0.6) is 11.6 Å². The third-order valence-electron chi connectivity index (χ3n) is 5.44. The van der Waals surface area contributed by atoms with Crippen LogP contribution in [-0.2, 0) is 9.53 Å². The van der Waals surface area contributed by atoms with E-state index in [-0.39, 0.29) is 23.1 Å². The molecule has 1 N–H and O–H groups in total. The average molecular weight is 444 g/mol. The van der Waals surface area contributed by atoms with Gasteiger partial charge in [-0.1, -0.05) is 23.8 Å². The number of fused-ring (bicyclic) bond motifs is 1. The van der Waals surface area contributed by atoms with Crippen LogP contribution in [0.1, 0.15) is 29.5 Å². The van der Waals surface area contributed by atoms with E-state index in [1.807, 2.05) is 32.0 Å². The molecule has 33 heavy (non-hydrogen) atoms. The van der Waals surface area contributed by atoms with Crippen molar-refractivity contribution >= 4 is 17.6 Å². The van der Waals surface area contributed by atoms with E-state index in [0.717, 1.165) is 24.0 Å². The number of hydrogen-bond donors (Lipinski definition) is 1. The lowest BCUT2D eigenvalue weighted by Crippen LogP contribution is -2.32. The number of hydrogen-bond acceptors (Lipinski definition) is 6. The number of rotatable bonds is 6. The Hall–Kier alpha value is -3.96. The van der Waals surface area contributed by atoms with Crippen LogP contribution in [0.3, 0.4) is 0 Å². The molecule has 1 aliphatic rings. The fraction of sp³-hybridized carbons (Fsp3) is 0.280. The van der Waals surface area contributed by atoms with Crippen molar-refractivity contribution in [3.05, 3.63) is 75.2 Å². The fourth-order valence-electron chi connectivity index (χ4n) is 3.70. The summed E-state index contributed by atoms with van der Waals surface area (Å²) in [5.41, 5.74) is 1.69. The van der Waals surface area contributed by atoms with Gasteiger partial charge in [-0.3, -0.25) is 14.0 Å². The molecule has 3 heterocycles. The lowest BCUT2D eigenvalue weighted by molar-refractivity contribution is -0.117. The van der Waals surface area contributed by atoms with E-state index in [4.69, 9.17) is 9.47 Å². The molecule has 4 rings (SSSR count). The summed E-state index contributed by atoms with van der Waals surface area (Å²) in [6.45, 7) is 4.84. The fourth-order valence-corrected chi connectivity index (χ4v) is 3.70. The Morgan fingerprint density at radius 3 is 2.94 bits per heavy atom. The summed E-state index contributed by atoms with van der Waals surface area (Å²) in [5, 5.41) is 12.3. The van der Waals surface area contributed by atoms with Gasteiger partial charge in [0.2, 0.25) is 5.88 Å². The van der Waals surface area contributed by atoms with Crippen molar-refractivity contribution < 1.29 is 14.3 Å². The number of carbonyl (C=O) groups is 1. The number of amides is 1. The molecule has 2 aromatic heterocycles. The van der Waals surface area contributed by atoms with Gasteiger partial charge in [0, 0.05) is 19.3 Å². The molecular formula is C25H24N4O4. The smallest absolute Gasteiger partial charge is 0.269 e. The highest BCUT2D eigenvalue weighted by Gasteiger charge is 2.20. The summed E-state index contributed by atoms with van der Waals surface area (Å²) in [7, 11) is 0. The molecule has 8 nitrogen and oxygen atoms in total. The zero-order chi connectivity index (χ0) is 23.4. The monoisotopic (exact) mass is 444 g/mol. The summed E-state index contributed by atoms with van der Waals surface area (Å²) in [6, 6.07) is 12.7. The van der Waals surface area contributed by atoms with Gasteiger partial charge in [-0.25, -0.2) is 0 Å². The summed E-state index contributed by atoms with van der Waals surface area (Å²) in [6.07, 6.45) is 4.55. The lowest BCUT2D eigenvalue weighted by atomic mass is 10.1. The predicted molar refractivity (Wildman–Crippen MR) is 123 cm³/mol. The lowest BCUT2D eigenvalue weighted by Gasteiger charge is -2.13. The van der Waals surface area contributed by atoms with Crippen LogP contribution >= 0.6 is 0 Å². The quantitative estimate of drug-likeness (QED) is 0.462. The van der Waals surface area contributed by atoms with Gasteiger partial charge in [0.1, 0.15) is 28.6 Å². The Morgan fingerprint density at radius 1 is 1.36 bits per heavy atom. The van der Waals surface area contributed by atoms with Crippen molar-refractivity contribution in [1.82, 2.24) is 14.7 Å². The van der Waals surface area contributed by atoms with Gasteiger partial charge < -0.3 is 14.8 Å². The summed E-state index contributed by atoms with van der Waals surface area (Å²) in [5.74, 6) is -0.0235. The number of aromatic nitrogens is 2. The summed E-state index contributed by atoms with van der Waals surface area (Å²) in [4.78, 5) is 30.4. The van der Waals surface area contributed by atoms with Gasteiger partial charge in [0.15, 0.2) is 0 Å². The highest BCUT2D eigenvalue weighted by atomic mass is 16.5. The number of carbonyl (C=O) groups excluding carboxylic acids is 1. The SMILES string of the molecule is Cc1ccc(Oc2nc3ccccn3c(=O)c2C=C(C#N)C(=O)NCC2CCCO2)c(C)c1. The Morgan fingerprint density at radius 2 is 2.21 bits per heavy atom. The average Bonchev–Trinajstić information content (AvgIpc) is 3.33. The molecule has 3 aromatic rings. The number of nitriles is 1. The first-order valence-corrected chi connectivity index (χ1v) is 10.7. The molecule has 0 bridgehead atoms. The van der Waals surface area contributed by atoms with Crippen molar-refractivity contribution in [2.75, 3.05) is 13.2 Å². The second kappa shape index (κ2) is 9.67. The van der Waals surface area contributed by atoms with Gasteiger partial charge in [-0.05, 0) is 56.5 Å². The topological polar surface area (TPSA) is 106 Å². The molecule has 1 saturated heterocycles. The maximum absolute atomic E-state index is 13.3. The maximum Gasteiger partial charge on any atom is 0.269 e. The molecule has 0 saturated carbocycles. The zero-order valence-electron chi connectivity index (χ0n) is 18.5. The first kappa shape index (κ1) is 22.2. The van der Waals surface area contributed by atoms with Crippen LogP contribution in [0.4, 0.5) is 0 Å². The number of pyridine rings is 1. The van der Waals surface area contributed by atoms with Gasteiger partial charge in [-0.2, -0.15) is 10.2 Å². The molecule has 1 fully saturated rings. The molecule has 0 radical (unpaired) electrons. The highest BCUT2D eigenvalue weighted by molar-refractivity contribution is 6.01. The van der Waals surface area contributed by atoms with E-state index in [1.54, 1.807) is 30.5 Å². The minimum atomic E-state index is -0.581. The molecule has 1 aliphatic heterocycles. The third-order valence-corrected chi connectivity index (χ3v) is 5.44. The number of nitrogens with one attached hydrogen (secondary N) is 1. The predicted octanol–water partition coefficient (Wildman–Crippen LogP) is 3.31. The molecule has 0 spiro atoms. The highest BCUT2D eigenvalue weighted by Crippen LogP contribution is 2.27. The van der Waals surface area contributed by atoms with Gasteiger partial charge >= 0.3 is 0 Å². The summed E-state index contributed by atoms with van der Waals surface area (Å²) < 4.78 is 12.9. The number of ether oxygens (including phenoxy) is 2. The second-order valence-electron chi connectivity index (χ2n) is 7.95.